The number of aryl methyl sites for hydroxylation is 1. The van der Waals surface area contributed by atoms with Crippen LogP contribution >= 0.6 is 0 Å². The number of rotatable bonds is 6. The predicted octanol–water partition coefficient (Wildman–Crippen LogP) is 0.923. The van der Waals surface area contributed by atoms with Crippen molar-refractivity contribution < 1.29 is 14.6 Å². The van der Waals surface area contributed by atoms with Gasteiger partial charge in [0.1, 0.15) is 0 Å². The lowest BCUT2D eigenvalue weighted by atomic mass is 10.3. The topological polar surface area (TPSA) is 77.2 Å². The fourth-order valence-corrected chi connectivity index (χ4v) is 1.27. The van der Waals surface area contributed by atoms with Crippen LogP contribution in [0.5, 0.6) is 0 Å². The Hall–Kier alpha value is -1.43. The zero-order valence-corrected chi connectivity index (χ0v) is 8.93. The van der Waals surface area contributed by atoms with Crippen molar-refractivity contribution in [3.05, 3.63) is 11.4 Å². The maximum absolute atomic E-state index is 10.8. The Labute approximate surface area is 87.9 Å². The van der Waals surface area contributed by atoms with E-state index in [0.717, 1.165) is 12.8 Å². The van der Waals surface area contributed by atoms with Crippen LogP contribution in [0.1, 0.15) is 35.9 Å². The summed E-state index contributed by atoms with van der Waals surface area (Å²) in [6.07, 6.45) is 1.97. The van der Waals surface area contributed by atoms with Gasteiger partial charge in [-0.2, -0.15) is 0 Å². The third-order valence-electron chi connectivity index (χ3n) is 2.04. The standard InChI is InChI=1S/C9H15N3O3/c1-3-4-5-12-7(6-15-2)8(9(13)14)10-11-12/h3-6H2,1-2H3,(H,13,14). The molecular formula is C9H15N3O3. The van der Waals surface area contributed by atoms with Crippen molar-refractivity contribution in [1.29, 1.82) is 0 Å². The third-order valence-corrected chi connectivity index (χ3v) is 2.04. The molecule has 0 aliphatic rings. The quantitative estimate of drug-likeness (QED) is 0.760. The maximum Gasteiger partial charge on any atom is 0.358 e. The second kappa shape index (κ2) is 5.45. The number of methoxy groups -OCH3 is 1. The Morgan fingerprint density at radius 2 is 2.33 bits per heavy atom. The molecule has 0 aromatic carbocycles. The predicted molar refractivity (Wildman–Crippen MR) is 52.6 cm³/mol. The second-order valence-electron chi connectivity index (χ2n) is 3.20. The molecule has 0 spiro atoms. The van der Waals surface area contributed by atoms with Gasteiger partial charge >= 0.3 is 5.97 Å². The molecule has 0 saturated heterocycles. The normalized spacial score (nSPS) is 10.5. The fraction of sp³-hybridized carbons (Fsp3) is 0.667. The first-order valence-corrected chi connectivity index (χ1v) is 4.85. The van der Waals surface area contributed by atoms with Gasteiger partial charge in [0.15, 0.2) is 5.69 Å². The second-order valence-corrected chi connectivity index (χ2v) is 3.20. The first-order chi connectivity index (χ1) is 7.20. The fourth-order valence-electron chi connectivity index (χ4n) is 1.27. The molecule has 0 fully saturated rings. The van der Waals surface area contributed by atoms with E-state index >= 15 is 0 Å². The van der Waals surface area contributed by atoms with Gasteiger partial charge in [0.25, 0.3) is 0 Å². The summed E-state index contributed by atoms with van der Waals surface area (Å²) < 4.78 is 6.53. The van der Waals surface area contributed by atoms with E-state index < -0.39 is 5.97 Å². The van der Waals surface area contributed by atoms with Crippen LogP contribution in [-0.2, 0) is 17.9 Å². The Bertz CT molecular complexity index is 335. The zero-order chi connectivity index (χ0) is 11.3. The molecule has 1 aromatic heterocycles. The van der Waals surface area contributed by atoms with E-state index in [2.05, 4.69) is 17.2 Å². The number of nitrogens with zero attached hydrogens (tertiary/aromatic N) is 3. The number of unbranched alkanes of at least 4 members (excludes halogenated alkanes) is 1. The highest BCUT2D eigenvalue weighted by atomic mass is 16.5. The molecule has 84 valence electrons. The highest BCUT2D eigenvalue weighted by molar-refractivity contribution is 5.86. The molecule has 6 heteroatoms. The van der Waals surface area contributed by atoms with Crippen molar-refractivity contribution in [3.8, 4) is 0 Å². The van der Waals surface area contributed by atoms with Gasteiger partial charge in [0, 0.05) is 13.7 Å². The average Bonchev–Trinajstić information content (AvgIpc) is 2.59. The molecule has 0 bridgehead atoms. The Morgan fingerprint density at radius 1 is 1.60 bits per heavy atom. The zero-order valence-electron chi connectivity index (χ0n) is 8.93. The Balaban J connectivity index is 2.90. The van der Waals surface area contributed by atoms with Gasteiger partial charge in [-0.1, -0.05) is 18.6 Å². The number of aromatic nitrogens is 3. The summed E-state index contributed by atoms with van der Waals surface area (Å²) in [5.74, 6) is -1.07. The van der Waals surface area contributed by atoms with E-state index in [1.165, 1.54) is 7.11 Å². The van der Waals surface area contributed by atoms with Crippen molar-refractivity contribution in [2.45, 2.75) is 32.9 Å². The molecule has 1 heterocycles. The summed E-state index contributed by atoms with van der Waals surface area (Å²) in [6, 6.07) is 0. The van der Waals surface area contributed by atoms with E-state index in [0.29, 0.717) is 12.2 Å². The summed E-state index contributed by atoms with van der Waals surface area (Å²) in [6.45, 7) is 2.96. The third kappa shape index (κ3) is 2.76. The summed E-state index contributed by atoms with van der Waals surface area (Å²) in [5.41, 5.74) is 0.506. The van der Waals surface area contributed by atoms with Crippen molar-refractivity contribution in [2.24, 2.45) is 0 Å². The largest absolute Gasteiger partial charge is 0.476 e. The molecule has 1 rings (SSSR count). The van der Waals surface area contributed by atoms with Crippen molar-refractivity contribution in [1.82, 2.24) is 15.0 Å². The minimum atomic E-state index is -1.07. The summed E-state index contributed by atoms with van der Waals surface area (Å²) in [7, 11) is 1.52. The highest BCUT2D eigenvalue weighted by Gasteiger charge is 2.18. The monoisotopic (exact) mass is 213 g/mol. The highest BCUT2D eigenvalue weighted by Crippen LogP contribution is 2.08. The number of hydrogen-bond acceptors (Lipinski definition) is 4. The lowest BCUT2D eigenvalue weighted by Crippen LogP contribution is -2.09. The molecule has 0 saturated carbocycles. The van der Waals surface area contributed by atoms with E-state index in [-0.39, 0.29) is 12.3 Å². The number of carboxylic acids is 1. The number of carboxylic acid groups (broad SMARTS) is 1. The Morgan fingerprint density at radius 3 is 2.87 bits per heavy atom. The smallest absolute Gasteiger partial charge is 0.358 e. The van der Waals surface area contributed by atoms with E-state index in [1.807, 2.05) is 0 Å². The first-order valence-electron chi connectivity index (χ1n) is 4.85. The van der Waals surface area contributed by atoms with Crippen LogP contribution in [0, 0.1) is 0 Å². The van der Waals surface area contributed by atoms with E-state index in [1.54, 1.807) is 4.68 Å². The van der Waals surface area contributed by atoms with Crippen molar-refractivity contribution >= 4 is 5.97 Å². The van der Waals surface area contributed by atoms with E-state index in [4.69, 9.17) is 9.84 Å². The van der Waals surface area contributed by atoms with Crippen molar-refractivity contribution in [2.75, 3.05) is 7.11 Å². The van der Waals surface area contributed by atoms with Gasteiger partial charge in [-0.25, -0.2) is 9.48 Å². The van der Waals surface area contributed by atoms with Crippen LogP contribution in [0.4, 0.5) is 0 Å². The molecule has 0 radical (unpaired) electrons. The molecule has 1 N–H and O–H groups in total. The van der Waals surface area contributed by atoms with Crippen LogP contribution in [0.15, 0.2) is 0 Å². The maximum atomic E-state index is 10.8. The number of hydrogen-bond donors (Lipinski definition) is 1. The number of aromatic carboxylic acids is 1. The minimum Gasteiger partial charge on any atom is -0.476 e. The minimum absolute atomic E-state index is 0.0204. The molecule has 0 atom stereocenters. The number of carbonyl (C=O) groups is 1. The van der Waals surface area contributed by atoms with Crippen LogP contribution in [-0.4, -0.2) is 33.2 Å². The number of ether oxygens (including phenoxy) is 1. The van der Waals surface area contributed by atoms with Crippen LogP contribution in [0.25, 0.3) is 0 Å². The molecule has 0 unspecified atom stereocenters. The molecule has 6 nitrogen and oxygen atoms in total. The molecule has 0 aliphatic carbocycles. The van der Waals surface area contributed by atoms with Gasteiger partial charge in [-0.05, 0) is 6.42 Å². The summed E-state index contributed by atoms with van der Waals surface area (Å²) in [4.78, 5) is 10.8. The van der Waals surface area contributed by atoms with Crippen molar-refractivity contribution in [3.63, 3.8) is 0 Å². The van der Waals surface area contributed by atoms with Gasteiger partial charge in [-0.3, -0.25) is 0 Å². The molecular weight excluding hydrogens is 198 g/mol. The van der Waals surface area contributed by atoms with Crippen LogP contribution < -0.4 is 0 Å². The van der Waals surface area contributed by atoms with E-state index in [9.17, 15) is 4.79 Å². The molecule has 1 aromatic rings. The SMILES string of the molecule is CCCCn1nnc(C(=O)O)c1COC. The van der Waals surface area contributed by atoms with Gasteiger partial charge in [0.05, 0.1) is 12.3 Å². The molecule has 0 aliphatic heterocycles. The summed E-state index contributed by atoms with van der Waals surface area (Å²) >= 11 is 0. The average molecular weight is 213 g/mol. The first kappa shape index (κ1) is 11.6. The lowest BCUT2D eigenvalue weighted by Gasteiger charge is -2.04. The van der Waals surface area contributed by atoms with Gasteiger partial charge in [-0.15, -0.1) is 5.10 Å². The molecule has 15 heavy (non-hydrogen) atoms. The summed E-state index contributed by atoms with van der Waals surface area (Å²) in [5, 5.41) is 16.3. The Kier molecular flexibility index (Phi) is 4.23. The van der Waals surface area contributed by atoms with Crippen LogP contribution in [0.2, 0.25) is 0 Å². The van der Waals surface area contributed by atoms with Gasteiger partial charge < -0.3 is 9.84 Å². The lowest BCUT2D eigenvalue weighted by molar-refractivity contribution is 0.0684. The molecule has 0 amide bonds. The van der Waals surface area contributed by atoms with Crippen LogP contribution in [0.3, 0.4) is 0 Å². The van der Waals surface area contributed by atoms with Gasteiger partial charge in [0.2, 0.25) is 0 Å².